The Bertz CT molecular complexity index is 549. The lowest BCUT2D eigenvalue weighted by molar-refractivity contribution is -0.0244. The van der Waals surface area contributed by atoms with E-state index in [4.69, 9.17) is 4.74 Å². The van der Waals surface area contributed by atoms with E-state index in [1.807, 2.05) is 0 Å². The molecule has 2 aliphatic rings. The number of benzene rings is 1. The van der Waals surface area contributed by atoms with Gasteiger partial charge in [-0.1, -0.05) is 32.9 Å². The zero-order chi connectivity index (χ0) is 14.5. The van der Waals surface area contributed by atoms with Crippen molar-refractivity contribution in [1.29, 1.82) is 0 Å². The van der Waals surface area contributed by atoms with Crippen LogP contribution in [0.25, 0.3) is 0 Å². The van der Waals surface area contributed by atoms with Crippen LogP contribution in [0.5, 0.6) is 5.75 Å². The second kappa shape index (κ2) is 4.24. The number of para-hydroxylation sites is 1. The molecule has 108 valence electrons. The fraction of sp³-hybridized carbons (Fsp3) is 0.588. The van der Waals surface area contributed by atoms with Crippen molar-refractivity contribution in [2.75, 3.05) is 0 Å². The molecule has 3 atom stereocenters. The van der Waals surface area contributed by atoms with Crippen molar-refractivity contribution in [3.05, 3.63) is 29.8 Å². The van der Waals surface area contributed by atoms with Gasteiger partial charge < -0.3 is 9.84 Å². The Labute approximate surface area is 120 Å². The van der Waals surface area contributed by atoms with Gasteiger partial charge in [-0.3, -0.25) is 0 Å². The Morgan fingerprint density at radius 2 is 2.00 bits per heavy atom. The van der Waals surface area contributed by atoms with Crippen LogP contribution in [0.2, 0.25) is 0 Å². The largest absolute Gasteiger partial charge is 0.507 e. The van der Waals surface area contributed by atoms with Crippen molar-refractivity contribution in [1.82, 2.24) is 0 Å². The van der Waals surface area contributed by atoms with Gasteiger partial charge in [-0.15, -0.1) is 0 Å². The SMILES string of the molecule is CC1(C)[C@H]2CC[C@@]1(C)[C@@H](OC(=O)c1ccccc1O)C2. The van der Waals surface area contributed by atoms with Crippen LogP contribution < -0.4 is 0 Å². The Balaban J connectivity index is 1.81. The third kappa shape index (κ3) is 1.68. The Morgan fingerprint density at radius 3 is 2.55 bits per heavy atom. The number of rotatable bonds is 2. The monoisotopic (exact) mass is 274 g/mol. The molecule has 0 saturated heterocycles. The fourth-order valence-corrected chi connectivity index (χ4v) is 4.15. The zero-order valence-electron chi connectivity index (χ0n) is 12.3. The number of fused-ring (bicyclic) bond motifs is 2. The lowest BCUT2D eigenvalue weighted by Crippen LogP contribution is -2.38. The number of hydrogen-bond donors (Lipinski definition) is 1. The molecule has 0 aliphatic heterocycles. The second-order valence-corrected chi connectivity index (χ2v) is 7.02. The summed E-state index contributed by atoms with van der Waals surface area (Å²) in [5.74, 6) is 0.220. The average Bonchev–Trinajstić information content (AvgIpc) is 2.72. The maximum absolute atomic E-state index is 12.3. The van der Waals surface area contributed by atoms with Gasteiger partial charge in [0.05, 0.1) is 0 Å². The van der Waals surface area contributed by atoms with Crippen LogP contribution in [-0.4, -0.2) is 17.2 Å². The van der Waals surface area contributed by atoms with E-state index in [-0.39, 0.29) is 28.2 Å². The summed E-state index contributed by atoms with van der Waals surface area (Å²) < 4.78 is 5.75. The summed E-state index contributed by atoms with van der Waals surface area (Å²) in [6.45, 7) is 6.82. The van der Waals surface area contributed by atoms with Crippen molar-refractivity contribution < 1.29 is 14.6 Å². The van der Waals surface area contributed by atoms with E-state index in [0.717, 1.165) is 12.8 Å². The minimum Gasteiger partial charge on any atom is -0.507 e. The van der Waals surface area contributed by atoms with E-state index in [2.05, 4.69) is 20.8 Å². The highest BCUT2D eigenvalue weighted by molar-refractivity contribution is 5.92. The molecule has 0 spiro atoms. The van der Waals surface area contributed by atoms with Crippen LogP contribution >= 0.6 is 0 Å². The van der Waals surface area contributed by atoms with Gasteiger partial charge in [0.1, 0.15) is 17.4 Å². The molecule has 2 bridgehead atoms. The fourth-order valence-electron chi connectivity index (χ4n) is 4.15. The standard InChI is InChI=1S/C17H22O3/c1-16(2)11-8-9-17(16,3)14(10-11)20-15(19)12-6-4-5-7-13(12)18/h4-7,11,14,18H,8-10H2,1-3H3/t11-,14-,17-/m0/s1. The highest BCUT2D eigenvalue weighted by Crippen LogP contribution is 2.66. The third-order valence-corrected chi connectivity index (χ3v) is 6.09. The van der Waals surface area contributed by atoms with Gasteiger partial charge in [0.25, 0.3) is 0 Å². The van der Waals surface area contributed by atoms with Gasteiger partial charge in [-0.05, 0) is 42.7 Å². The first kappa shape index (κ1) is 13.5. The molecule has 1 N–H and O–H groups in total. The minimum atomic E-state index is -0.405. The molecule has 3 rings (SSSR count). The Morgan fingerprint density at radius 1 is 1.30 bits per heavy atom. The van der Waals surface area contributed by atoms with Crippen LogP contribution in [0.4, 0.5) is 0 Å². The first-order chi connectivity index (χ1) is 9.36. The molecule has 0 amide bonds. The van der Waals surface area contributed by atoms with E-state index >= 15 is 0 Å². The van der Waals surface area contributed by atoms with E-state index in [1.54, 1.807) is 18.2 Å². The van der Waals surface area contributed by atoms with Gasteiger partial charge >= 0.3 is 5.97 Å². The number of carbonyl (C=O) groups is 1. The molecule has 1 aromatic rings. The number of phenolic OH excluding ortho intramolecular Hbond substituents is 1. The summed E-state index contributed by atoms with van der Waals surface area (Å²) in [7, 11) is 0. The van der Waals surface area contributed by atoms with Crippen molar-refractivity contribution in [2.24, 2.45) is 16.7 Å². The Kier molecular flexibility index (Phi) is 2.86. The predicted octanol–water partition coefficient (Wildman–Crippen LogP) is 3.76. The molecular formula is C17H22O3. The van der Waals surface area contributed by atoms with Crippen molar-refractivity contribution >= 4 is 5.97 Å². The molecule has 2 fully saturated rings. The molecule has 0 aromatic heterocycles. The smallest absolute Gasteiger partial charge is 0.342 e. The lowest BCUT2D eigenvalue weighted by Gasteiger charge is -2.38. The highest BCUT2D eigenvalue weighted by atomic mass is 16.5. The molecule has 3 nitrogen and oxygen atoms in total. The van der Waals surface area contributed by atoms with Crippen molar-refractivity contribution in [3.8, 4) is 5.75 Å². The van der Waals surface area contributed by atoms with Crippen LogP contribution in [0, 0.1) is 16.7 Å². The van der Waals surface area contributed by atoms with Gasteiger partial charge in [0.2, 0.25) is 0 Å². The minimum absolute atomic E-state index is 0.00919. The summed E-state index contributed by atoms with van der Waals surface area (Å²) in [6.07, 6.45) is 3.25. The van der Waals surface area contributed by atoms with Gasteiger partial charge in [0, 0.05) is 5.41 Å². The number of carbonyl (C=O) groups excluding carboxylic acids is 1. The van der Waals surface area contributed by atoms with Crippen LogP contribution in [-0.2, 0) is 4.74 Å². The van der Waals surface area contributed by atoms with Crippen molar-refractivity contribution in [3.63, 3.8) is 0 Å². The first-order valence-corrected chi connectivity index (χ1v) is 7.35. The van der Waals surface area contributed by atoms with E-state index in [0.29, 0.717) is 5.92 Å². The maximum Gasteiger partial charge on any atom is 0.342 e. The number of aromatic hydroxyl groups is 1. The third-order valence-electron chi connectivity index (χ3n) is 6.09. The molecule has 20 heavy (non-hydrogen) atoms. The molecule has 2 saturated carbocycles. The number of ether oxygens (including phenoxy) is 1. The van der Waals surface area contributed by atoms with Gasteiger partial charge in [-0.25, -0.2) is 4.79 Å². The average molecular weight is 274 g/mol. The Hall–Kier alpha value is -1.51. The molecule has 0 unspecified atom stereocenters. The van der Waals surface area contributed by atoms with Gasteiger partial charge in [0.15, 0.2) is 0 Å². The molecule has 3 heteroatoms. The molecule has 0 radical (unpaired) electrons. The number of esters is 1. The number of hydrogen-bond acceptors (Lipinski definition) is 3. The zero-order valence-corrected chi connectivity index (χ0v) is 12.3. The summed E-state index contributed by atoms with van der Waals surface area (Å²) in [6, 6.07) is 6.57. The highest BCUT2D eigenvalue weighted by Gasteiger charge is 2.62. The summed E-state index contributed by atoms with van der Waals surface area (Å²) in [5, 5.41) is 9.75. The van der Waals surface area contributed by atoms with E-state index < -0.39 is 5.97 Å². The van der Waals surface area contributed by atoms with Crippen LogP contribution in [0.15, 0.2) is 24.3 Å². The number of phenols is 1. The quantitative estimate of drug-likeness (QED) is 0.835. The van der Waals surface area contributed by atoms with Gasteiger partial charge in [-0.2, -0.15) is 0 Å². The van der Waals surface area contributed by atoms with E-state index in [9.17, 15) is 9.90 Å². The molecule has 2 aliphatic carbocycles. The lowest BCUT2D eigenvalue weighted by atomic mass is 9.70. The van der Waals surface area contributed by atoms with Crippen LogP contribution in [0.3, 0.4) is 0 Å². The maximum atomic E-state index is 12.3. The van der Waals surface area contributed by atoms with Crippen LogP contribution in [0.1, 0.15) is 50.4 Å². The summed E-state index contributed by atoms with van der Waals surface area (Å²) in [5.41, 5.74) is 0.533. The molecule has 1 aromatic carbocycles. The normalized spacial score (nSPS) is 34.1. The molecular weight excluding hydrogens is 252 g/mol. The summed E-state index contributed by atoms with van der Waals surface area (Å²) >= 11 is 0. The van der Waals surface area contributed by atoms with E-state index in [1.165, 1.54) is 12.5 Å². The summed E-state index contributed by atoms with van der Waals surface area (Å²) in [4.78, 5) is 12.3. The van der Waals surface area contributed by atoms with Crippen molar-refractivity contribution in [2.45, 2.75) is 46.1 Å². The topological polar surface area (TPSA) is 46.5 Å². The predicted molar refractivity (Wildman–Crippen MR) is 76.5 cm³/mol. The second-order valence-electron chi connectivity index (χ2n) is 7.02. The molecule has 0 heterocycles. The first-order valence-electron chi connectivity index (χ1n) is 7.35.